The fourth-order valence-electron chi connectivity index (χ4n) is 3.60. The van der Waals surface area contributed by atoms with Crippen LogP contribution >= 0.6 is 0 Å². The van der Waals surface area contributed by atoms with Crippen LogP contribution in [0.25, 0.3) is 5.69 Å². The number of hydrogen-bond donors (Lipinski definition) is 2. The molecule has 1 aliphatic rings. The molecule has 0 spiro atoms. The largest absolute Gasteiger partial charge is 0.382 e. The summed E-state index contributed by atoms with van der Waals surface area (Å²) in [7, 11) is 1.68. The van der Waals surface area contributed by atoms with Crippen LogP contribution in [0.5, 0.6) is 0 Å². The Kier molecular flexibility index (Phi) is 5.08. The van der Waals surface area contributed by atoms with E-state index in [0.717, 1.165) is 42.6 Å². The molecule has 1 aromatic heterocycles. The van der Waals surface area contributed by atoms with Gasteiger partial charge in [-0.15, -0.1) is 0 Å². The molecule has 2 amide bonds. The zero-order chi connectivity index (χ0) is 17.9. The quantitative estimate of drug-likeness (QED) is 0.873. The maximum Gasteiger partial charge on any atom is 0.320 e. The molecule has 2 N–H and O–H groups in total. The predicted molar refractivity (Wildman–Crippen MR) is 98.3 cm³/mol. The number of rotatable bonds is 5. The highest BCUT2D eigenvalue weighted by molar-refractivity contribution is 5.89. The lowest BCUT2D eigenvalue weighted by atomic mass is 9.99. The van der Waals surface area contributed by atoms with Gasteiger partial charge >= 0.3 is 6.03 Å². The van der Waals surface area contributed by atoms with Crippen molar-refractivity contribution < 1.29 is 9.53 Å². The van der Waals surface area contributed by atoms with Crippen molar-refractivity contribution >= 4 is 11.8 Å². The number of amides is 2. The van der Waals surface area contributed by atoms with E-state index in [2.05, 4.69) is 15.7 Å². The predicted octanol–water partition coefficient (Wildman–Crippen LogP) is 3.57. The Balaban J connectivity index is 1.79. The van der Waals surface area contributed by atoms with E-state index in [-0.39, 0.29) is 11.6 Å². The molecule has 0 saturated heterocycles. The van der Waals surface area contributed by atoms with Crippen molar-refractivity contribution in [3.05, 3.63) is 41.6 Å². The number of hydrogen-bond acceptors (Lipinski definition) is 3. The Morgan fingerprint density at radius 3 is 2.68 bits per heavy atom. The first-order chi connectivity index (χ1) is 12.0. The zero-order valence-electron chi connectivity index (χ0n) is 15.1. The van der Waals surface area contributed by atoms with Gasteiger partial charge in [0.1, 0.15) is 5.82 Å². The highest BCUT2D eigenvalue weighted by Gasteiger charge is 2.35. The van der Waals surface area contributed by atoms with Crippen molar-refractivity contribution in [2.24, 2.45) is 0 Å². The second kappa shape index (κ2) is 7.27. The Hall–Kier alpha value is -2.34. The van der Waals surface area contributed by atoms with Gasteiger partial charge in [0.25, 0.3) is 0 Å². The van der Waals surface area contributed by atoms with Gasteiger partial charge in [-0.05, 0) is 38.3 Å². The first kappa shape index (κ1) is 17.5. The van der Waals surface area contributed by atoms with Gasteiger partial charge in [0.05, 0.1) is 23.5 Å². The third-order valence-electron chi connectivity index (χ3n) is 4.78. The molecule has 0 atom stereocenters. The van der Waals surface area contributed by atoms with Crippen LogP contribution in [-0.2, 0) is 4.74 Å². The fourth-order valence-corrected chi connectivity index (χ4v) is 3.60. The Morgan fingerprint density at radius 2 is 2.00 bits per heavy atom. The molecule has 0 radical (unpaired) electrons. The Morgan fingerprint density at radius 1 is 1.28 bits per heavy atom. The number of carbonyl (C=O) groups is 1. The minimum Gasteiger partial charge on any atom is -0.382 e. The molecule has 1 aliphatic carbocycles. The van der Waals surface area contributed by atoms with Crippen LogP contribution in [0.3, 0.4) is 0 Å². The van der Waals surface area contributed by atoms with Crippen LogP contribution in [0.1, 0.15) is 36.9 Å². The fraction of sp³-hybridized carbons (Fsp3) is 0.474. The lowest BCUT2D eigenvalue weighted by molar-refractivity contribution is 0.117. The standard InChI is InChI=1S/C19H26N4O2/c1-14-8-4-5-9-16(14)23-17(12-15(2)22-23)20-18(24)21-19(13-25-3)10-6-7-11-19/h4-5,8-9,12H,6-7,10-11,13H2,1-3H3,(H2,20,21,24). The summed E-state index contributed by atoms with van der Waals surface area (Å²) in [5.41, 5.74) is 2.64. The molecule has 1 fully saturated rings. The molecular weight excluding hydrogens is 316 g/mol. The molecule has 0 unspecified atom stereocenters. The topological polar surface area (TPSA) is 68.2 Å². The molecule has 0 bridgehead atoms. The van der Waals surface area contributed by atoms with Crippen LogP contribution in [0.4, 0.5) is 10.6 Å². The van der Waals surface area contributed by atoms with Crippen molar-refractivity contribution in [3.63, 3.8) is 0 Å². The highest BCUT2D eigenvalue weighted by atomic mass is 16.5. The molecule has 1 saturated carbocycles. The number of nitrogens with one attached hydrogen (secondary N) is 2. The molecule has 1 heterocycles. The van der Waals surface area contributed by atoms with Crippen LogP contribution < -0.4 is 10.6 Å². The summed E-state index contributed by atoms with van der Waals surface area (Å²) in [6, 6.07) is 9.65. The minimum absolute atomic E-state index is 0.214. The number of nitrogens with zero attached hydrogens (tertiary/aromatic N) is 2. The third kappa shape index (κ3) is 3.85. The van der Waals surface area contributed by atoms with Crippen molar-refractivity contribution in [2.45, 2.75) is 45.1 Å². The van der Waals surface area contributed by atoms with Gasteiger partial charge in [0, 0.05) is 13.2 Å². The second-order valence-corrected chi connectivity index (χ2v) is 6.87. The van der Waals surface area contributed by atoms with Gasteiger partial charge in [-0.3, -0.25) is 5.32 Å². The molecule has 6 heteroatoms. The molecule has 2 aromatic rings. The first-order valence-corrected chi connectivity index (χ1v) is 8.74. The van der Waals surface area contributed by atoms with E-state index in [9.17, 15) is 4.79 Å². The van der Waals surface area contributed by atoms with Gasteiger partial charge in [-0.2, -0.15) is 5.10 Å². The number of methoxy groups -OCH3 is 1. The summed E-state index contributed by atoms with van der Waals surface area (Å²) in [6.07, 6.45) is 4.13. The lowest BCUT2D eigenvalue weighted by Crippen LogP contribution is -2.51. The van der Waals surface area contributed by atoms with Crippen molar-refractivity contribution in [3.8, 4) is 5.69 Å². The molecule has 0 aliphatic heterocycles. The number of anilines is 1. The maximum absolute atomic E-state index is 12.6. The minimum atomic E-state index is -0.263. The Bertz CT molecular complexity index is 748. The summed E-state index contributed by atoms with van der Waals surface area (Å²) in [5, 5.41) is 10.6. The summed E-state index contributed by atoms with van der Waals surface area (Å²) in [4.78, 5) is 12.6. The smallest absolute Gasteiger partial charge is 0.320 e. The third-order valence-corrected chi connectivity index (χ3v) is 4.78. The summed E-state index contributed by atoms with van der Waals surface area (Å²) in [6.45, 7) is 4.49. The number of aryl methyl sites for hydroxylation is 2. The van der Waals surface area contributed by atoms with Crippen LogP contribution in [-0.4, -0.2) is 35.1 Å². The SMILES string of the molecule is COCC1(NC(=O)Nc2cc(C)nn2-c2ccccc2C)CCCC1. The zero-order valence-corrected chi connectivity index (χ0v) is 15.1. The maximum atomic E-state index is 12.6. The first-order valence-electron chi connectivity index (χ1n) is 8.74. The van der Waals surface area contributed by atoms with Gasteiger partial charge in [0.2, 0.25) is 0 Å². The molecule has 134 valence electrons. The van der Waals surface area contributed by atoms with Gasteiger partial charge in [-0.25, -0.2) is 9.48 Å². The van der Waals surface area contributed by atoms with Crippen LogP contribution in [0, 0.1) is 13.8 Å². The van der Waals surface area contributed by atoms with Crippen molar-refractivity contribution in [1.29, 1.82) is 0 Å². The number of para-hydroxylation sites is 1. The van der Waals surface area contributed by atoms with E-state index in [1.54, 1.807) is 11.8 Å². The average molecular weight is 342 g/mol. The van der Waals surface area contributed by atoms with Crippen molar-refractivity contribution in [2.75, 3.05) is 19.0 Å². The highest BCUT2D eigenvalue weighted by Crippen LogP contribution is 2.30. The number of urea groups is 1. The molecular formula is C19H26N4O2. The summed E-state index contributed by atoms with van der Waals surface area (Å²) >= 11 is 0. The number of benzene rings is 1. The van der Waals surface area contributed by atoms with E-state index >= 15 is 0 Å². The second-order valence-electron chi connectivity index (χ2n) is 6.87. The van der Waals surface area contributed by atoms with E-state index in [0.29, 0.717) is 12.4 Å². The summed E-state index contributed by atoms with van der Waals surface area (Å²) < 4.78 is 7.11. The van der Waals surface area contributed by atoms with E-state index in [1.165, 1.54) is 0 Å². The normalized spacial score (nSPS) is 16.0. The van der Waals surface area contributed by atoms with Gasteiger partial charge in [0.15, 0.2) is 0 Å². The molecule has 3 rings (SSSR count). The van der Waals surface area contributed by atoms with Gasteiger partial charge < -0.3 is 10.1 Å². The lowest BCUT2D eigenvalue weighted by Gasteiger charge is -2.29. The number of ether oxygens (including phenoxy) is 1. The van der Waals surface area contributed by atoms with E-state index in [1.807, 2.05) is 44.2 Å². The monoisotopic (exact) mass is 342 g/mol. The van der Waals surface area contributed by atoms with E-state index < -0.39 is 0 Å². The Labute approximate surface area is 148 Å². The van der Waals surface area contributed by atoms with Crippen LogP contribution in [0.2, 0.25) is 0 Å². The van der Waals surface area contributed by atoms with E-state index in [4.69, 9.17) is 4.74 Å². The molecule has 1 aromatic carbocycles. The average Bonchev–Trinajstić information content (AvgIpc) is 3.15. The van der Waals surface area contributed by atoms with Crippen molar-refractivity contribution in [1.82, 2.24) is 15.1 Å². The number of aromatic nitrogens is 2. The van der Waals surface area contributed by atoms with Gasteiger partial charge in [-0.1, -0.05) is 31.0 Å². The molecule has 6 nitrogen and oxygen atoms in total. The van der Waals surface area contributed by atoms with Crippen LogP contribution in [0.15, 0.2) is 30.3 Å². The molecule has 25 heavy (non-hydrogen) atoms. The summed E-state index contributed by atoms with van der Waals surface area (Å²) in [5.74, 6) is 0.662. The number of carbonyl (C=O) groups excluding carboxylic acids is 1.